The summed E-state index contributed by atoms with van der Waals surface area (Å²) < 4.78 is 31.1. The highest BCUT2D eigenvalue weighted by molar-refractivity contribution is 9.10. The van der Waals surface area contributed by atoms with Gasteiger partial charge in [0.05, 0.1) is 29.1 Å². The van der Waals surface area contributed by atoms with Crippen molar-refractivity contribution in [2.75, 3.05) is 6.54 Å². The van der Waals surface area contributed by atoms with E-state index in [1.165, 1.54) is 6.20 Å². The van der Waals surface area contributed by atoms with Gasteiger partial charge in [-0.25, -0.2) is 13.1 Å². The van der Waals surface area contributed by atoms with Crippen LogP contribution in [0.2, 0.25) is 0 Å². The van der Waals surface area contributed by atoms with E-state index in [0.717, 1.165) is 4.47 Å². The first kappa shape index (κ1) is 15.2. The fourth-order valence-corrected chi connectivity index (χ4v) is 3.37. The maximum atomic E-state index is 12.2. The van der Waals surface area contributed by atoms with Crippen molar-refractivity contribution < 1.29 is 8.42 Å². The molecule has 2 aromatic rings. The molecule has 0 aliphatic rings. The maximum absolute atomic E-state index is 12.2. The molecule has 0 atom stereocenters. The highest BCUT2D eigenvalue weighted by atomic mass is 79.9. The number of aromatic nitrogens is 4. The molecule has 9 heteroatoms. The van der Waals surface area contributed by atoms with Crippen LogP contribution in [0.4, 0.5) is 0 Å². The van der Waals surface area contributed by atoms with E-state index in [-0.39, 0.29) is 11.4 Å². The van der Waals surface area contributed by atoms with Gasteiger partial charge in [-0.2, -0.15) is 10.2 Å². The number of nitrogens with one attached hydrogen (secondary N) is 1. The van der Waals surface area contributed by atoms with Crippen LogP contribution in [0.25, 0.3) is 0 Å². The number of hydrogen-bond acceptors (Lipinski definition) is 4. The van der Waals surface area contributed by atoms with Gasteiger partial charge in [-0.1, -0.05) is 0 Å². The maximum Gasteiger partial charge on any atom is 0.244 e. The molecule has 0 spiro atoms. The van der Waals surface area contributed by atoms with Crippen LogP contribution < -0.4 is 4.72 Å². The van der Waals surface area contributed by atoms with Crippen molar-refractivity contribution >= 4 is 26.0 Å². The van der Waals surface area contributed by atoms with E-state index in [2.05, 4.69) is 30.8 Å². The summed E-state index contributed by atoms with van der Waals surface area (Å²) in [6.45, 7) is 5.04. The molecule has 0 saturated carbocycles. The number of hydrogen-bond donors (Lipinski definition) is 1. The van der Waals surface area contributed by atoms with Crippen LogP contribution >= 0.6 is 15.9 Å². The number of nitrogens with zero attached hydrogens (tertiary/aromatic N) is 4. The summed E-state index contributed by atoms with van der Waals surface area (Å²) in [5.41, 5.74) is 0.641. The molecule has 110 valence electrons. The molecule has 2 rings (SSSR count). The van der Waals surface area contributed by atoms with Gasteiger partial charge in [0.15, 0.2) is 0 Å². The molecular formula is C11H16BrN5O2S. The number of sulfonamides is 1. The minimum absolute atomic E-state index is 0.223. The van der Waals surface area contributed by atoms with Gasteiger partial charge in [0.2, 0.25) is 10.0 Å². The zero-order valence-electron chi connectivity index (χ0n) is 11.2. The van der Waals surface area contributed by atoms with Crippen LogP contribution in [0.3, 0.4) is 0 Å². The highest BCUT2D eigenvalue weighted by Crippen LogP contribution is 2.13. The Kier molecular flexibility index (Phi) is 4.61. The molecule has 2 aromatic heterocycles. The average Bonchev–Trinajstić information content (AvgIpc) is 2.95. The van der Waals surface area contributed by atoms with Crippen LogP contribution in [0, 0.1) is 6.92 Å². The highest BCUT2D eigenvalue weighted by Gasteiger charge is 2.19. The standard InChI is InChI=1S/C11H16BrN5O2S/c1-3-17-9(2)11(7-14-17)20(18,19)15-4-5-16-8-10(12)6-13-16/h6-8,15H,3-5H2,1-2H3. The Balaban J connectivity index is 2.02. The van der Waals surface area contributed by atoms with Crippen LogP contribution in [-0.2, 0) is 23.1 Å². The van der Waals surface area contributed by atoms with E-state index in [1.54, 1.807) is 28.7 Å². The third kappa shape index (κ3) is 3.28. The topological polar surface area (TPSA) is 81.8 Å². The third-order valence-corrected chi connectivity index (χ3v) is 4.86. The van der Waals surface area contributed by atoms with Gasteiger partial charge < -0.3 is 0 Å². The molecular weight excluding hydrogens is 346 g/mol. The summed E-state index contributed by atoms with van der Waals surface area (Å²) in [5, 5.41) is 8.11. The predicted molar refractivity (Wildman–Crippen MR) is 77.8 cm³/mol. The van der Waals surface area contributed by atoms with Gasteiger partial charge in [0, 0.05) is 19.3 Å². The minimum Gasteiger partial charge on any atom is -0.270 e. The molecule has 0 aliphatic carbocycles. The smallest absolute Gasteiger partial charge is 0.244 e. The molecule has 0 aliphatic heterocycles. The van der Waals surface area contributed by atoms with E-state index in [0.29, 0.717) is 18.8 Å². The Hall–Kier alpha value is -1.19. The average molecular weight is 362 g/mol. The van der Waals surface area contributed by atoms with Gasteiger partial charge in [-0.3, -0.25) is 9.36 Å². The van der Waals surface area contributed by atoms with Crippen LogP contribution in [0.5, 0.6) is 0 Å². The Morgan fingerprint density at radius 1 is 1.35 bits per heavy atom. The monoisotopic (exact) mass is 361 g/mol. The fourth-order valence-electron chi connectivity index (χ4n) is 1.84. The SMILES string of the molecule is CCn1ncc(S(=O)(=O)NCCn2cc(Br)cn2)c1C. The lowest BCUT2D eigenvalue weighted by Gasteiger charge is -2.06. The Morgan fingerprint density at radius 2 is 2.10 bits per heavy atom. The molecule has 0 unspecified atom stereocenters. The summed E-state index contributed by atoms with van der Waals surface area (Å²) in [7, 11) is -3.53. The van der Waals surface area contributed by atoms with Gasteiger partial charge >= 0.3 is 0 Å². The molecule has 0 aromatic carbocycles. The zero-order chi connectivity index (χ0) is 14.8. The van der Waals surface area contributed by atoms with Crippen molar-refractivity contribution in [2.24, 2.45) is 0 Å². The molecule has 1 N–H and O–H groups in total. The summed E-state index contributed by atoms with van der Waals surface area (Å²) in [6.07, 6.45) is 4.82. The number of rotatable bonds is 6. The lowest BCUT2D eigenvalue weighted by atomic mass is 10.5. The molecule has 0 bridgehead atoms. The second-order valence-electron chi connectivity index (χ2n) is 4.23. The second-order valence-corrected chi connectivity index (χ2v) is 6.88. The molecule has 0 radical (unpaired) electrons. The molecule has 0 saturated heterocycles. The van der Waals surface area contributed by atoms with Gasteiger partial charge in [0.1, 0.15) is 4.90 Å². The summed E-state index contributed by atoms with van der Waals surface area (Å²) in [6, 6.07) is 0. The lowest BCUT2D eigenvalue weighted by Crippen LogP contribution is -2.28. The van der Waals surface area contributed by atoms with E-state index in [9.17, 15) is 8.42 Å². The van der Waals surface area contributed by atoms with Crippen molar-refractivity contribution in [2.45, 2.75) is 31.8 Å². The first-order valence-corrected chi connectivity index (χ1v) is 8.41. The third-order valence-electron chi connectivity index (χ3n) is 2.88. The van der Waals surface area contributed by atoms with Crippen LogP contribution in [0.1, 0.15) is 12.6 Å². The quantitative estimate of drug-likeness (QED) is 0.836. The number of halogens is 1. The normalized spacial score (nSPS) is 11.9. The lowest BCUT2D eigenvalue weighted by molar-refractivity contribution is 0.559. The van der Waals surface area contributed by atoms with E-state index >= 15 is 0 Å². The second kappa shape index (κ2) is 6.06. The van der Waals surface area contributed by atoms with Crippen LogP contribution in [-0.4, -0.2) is 34.5 Å². The largest absolute Gasteiger partial charge is 0.270 e. The van der Waals surface area contributed by atoms with E-state index in [1.807, 2.05) is 6.92 Å². The first-order valence-electron chi connectivity index (χ1n) is 6.14. The van der Waals surface area contributed by atoms with E-state index in [4.69, 9.17) is 0 Å². The van der Waals surface area contributed by atoms with Crippen molar-refractivity contribution in [3.63, 3.8) is 0 Å². The van der Waals surface area contributed by atoms with E-state index < -0.39 is 10.0 Å². The van der Waals surface area contributed by atoms with Crippen molar-refractivity contribution in [1.29, 1.82) is 0 Å². The fraction of sp³-hybridized carbons (Fsp3) is 0.455. The molecule has 0 amide bonds. The first-order chi connectivity index (χ1) is 9.44. The Morgan fingerprint density at radius 3 is 2.65 bits per heavy atom. The van der Waals surface area contributed by atoms with Gasteiger partial charge in [0.25, 0.3) is 0 Å². The molecule has 20 heavy (non-hydrogen) atoms. The summed E-state index contributed by atoms with van der Waals surface area (Å²) in [5.74, 6) is 0. The Labute approximate surface area is 126 Å². The van der Waals surface area contributed by atoms with Gasteiger partial charge in [-0.15, -0.1) is 0 Å². The van der Waals surface area contributed by atoms with Crippen molar-refractivity contribution in [3.8, 4) is 0 Å². The minimum atomic E-state index is -3.53. The van der Waals surface area contributed by atoms with Gasteiger partial charge in [-0.05, 0) is 29.8 Å². The number of aryl methyl sites for hydroxylation is 1. The summed E-state index contributed by atoms with van der Waals surface area (Å²) in [4.78, 5) is 0.223. The van der Waals surface area contributed by atoms with Crippen molar-refractivity contribution in [1.82, 2.24) is 24.3 Å². The Bertz CT molecular complexity index is 691. The summed E-state index contributed by atoms with van der Waals surface area (Å²) >= 11 is 3.29. The molecule has 0 fully saturated rings. The molecule has 2 heterocycles. The van der Waals surface area contributed by atoms with Crippen molar-refractivity contribution in [3.05, 3.63) is 28.8 Å². The zero-order valence-corrected chi connectivity index (χ0v) is 13.6. The van der Waals surface area contributed by atoms with Crippen LogP contribution in [0.15, 0.2) is 28.0 Å². The molecule has 7 nitrogen and oxygen atoms in total. The predicted octanol–water partition coefficient (Wildman–Crippen LogP) is 1.15.